The number of hydrogen-bond donors (Lipinski definition) is 0. The van der Waals surface area contributed by atoms with E-state index in [-0.39, 0.29) is 11.9 Å². The summed E-state index contributed by atoms with van der Waals surface area (Å²) in [5, 5.41) is 10.4. The van der Waals surface area contributed by atoms with Gasteiger partial charge in [0.25, 0.3) is 0 Å². The van der Waals surface area contributed by atoms with Gasteiger partial charge in [-0.2, -0.15) is 10.2 Å². The maximum Gasteiger partial charge on any atom is 0.222 e. The van der Waals surface area contributed by atoms with Crippen LogP contribution in [-0.4, -0.2) is 28.1 Å². The molecule has 0 bridgehead atoms. The van der Waals surface area contributed by atoms with E-state index in [1.165, 1.54) is 0 Å². The molecule has 4 nitrogen and oxygen atoms in total. The van der Waals surface area contributed by atoms with Crippen LogP contribution in [0.15, 0.2) is 30.5 Å². The van der Waals surface area contributed by atoms with Crippen LogP contribution in [0.5, 0.6) is 0 Å². The van der Waals surface area contributed by atoms with Gasteiger partial charge in [-0.3, -0.25) is 4.79 Å². The number of amides is 1. The van der Waals surface area contributed by atoms with Crippen LogP contribution in [0.3, 0.4) is 0 Å². The lowest BCUT2D eigenvalue weighted by molar-refractivity contribution is -0.127. The number of carbonyl (C=O) groups excluding carboxylic acids is 1. The van der Waals surface area contributed by atoms with E-state index in [0.29, 0.717) is 6.42 Å². The third kappa shape index (κ3) is 1.56. The number of carbonyl (C=O) groups is 1. The predicted octanol–water partition coefficient (Wildman–Crippen LogP) is 1.92. The molecule has 0 N–H and O–H groups in total. The van der Waals surface area contributed by atoms with Crippen LogP contribution < -0.4 is 0 Å². The summed E-state index contributed by atoms with van der Waals surface area (Å²) >= 11 is 0. The molecule has 2 aromatic rings. The molecule has 0 saturated carbocycles. The fourth-order valence-corrected chi connectivity index (χ4v) is 2.42. The molecule has 1 saturated heterocycles. The van der Waals surface area contributed by atoms with E-state index in [2.05, 4.69) is 10.2 Å². The summed E-state index contributed by atoms with van der Waals surface area (Å²) in [5.74, 6) is 0.185. The lowest BCUT2D eigenvalue weighted by Crippen LogP contribution is -2.23. The van der Waals surface area contributed by atoms with E-state index in [0.717, 1.165) is 22.9 Å². The molecule has 1 fully saturated rings. The Morgan fingerprint density at radius 1 is 1.35 bits per heavy atom. The topological polar surface area (TPSA) is 46.1 Å². The number of benzene rings is 1. The zero-order chi connectivity index (χ0) is 11.8. The monoisotopic (exact) mass is 227 g/mol. The second kappa shape index (κ2) is 3.80. The fraction of sp³-hybridized carbons (Fsp3) is 0.308. The number of rotatable bonds is 1. The van der Waals surface area contributed by atoms with Crippen LogP contribution in [0.25, 0.3) is 10.8 Å². The van der Waals surface area contributed by atoms with Gasteiger partial charge in [0.2, 0.25) is 5.91 Å². The maximum absolute atomic E-state index is 11.6. The molecular formula is C13H13N3O. The Bertz CT molecular complexity index is 576. The third-order valence-corrected chi connectivity index (χ3v) is 3.41. The van der Waals surface area contributed by atoms with E-state index in [4.69, 9.17) is 0 Å². The molecule has 1 amide bonds. The molecule has 0 spiro atoms. The number of likely N-dealkylation sites (tertiary alicyclic amines) is 1. The summed E-state index contributed by atoms with van der Waals surface area (Å²) in [5.41, 5.74) is 0.913. The lowest BCUT2D eigenvalue weighted by Gasteiger charge is -2.19. The smallest absolute Gasteiger partial charge is 0.222 e. The number of hydrogen-bond acceptors (Lipinski definition) is 3. The van der Waals surface area contributed by atoms with Crippen molar-refractivity contribution >= 4 is 16.7 Å². The van der Waals surface area contributed by atoms with Crippen molar-refractivity contribution in [3.05, 3.63) is 36.2 Å². The summed E-state index contributed by atoms with van der Waals surface area (Å²) in [6, 6.07) is 8.10. The van der Waals surface area contributed by atoms with Crippen LogP contribution >= 0.6 is 0 Å². The molecule has 3 rings (SSSR count). The first-order valence-electron chi connectivity index (χ1n) is 5.73. The van der Waals surface area contributed by atoms with Crippen LogP contribution in [0.4, 0.5) is 0 Å². The first kappa shape index (κ1) is 10.2. The highest BCUT2D eigenvalue weighted by molar-refractivity contribution is 5.85. The van der Waals surface area contributed by atoms with Gasteiger partial charge >= 0.3 is 0 Å². The zero-order valence-corrected chi connectivity index (χ0v) is 9.63. The number of fused-ring (bicyclic) bond motifs is 1. The zero-order valence-electron chi connectivity index (χ0n) is 9.63. The molecule has 0 radical (unpaired) electrons. The molecule has 86 valence electrons. The molecule has 1 aromatic carbocycles. The molecule has 1 atom stereocenters. The largest absolute Gasteiger partial charge is 0.337 e. The van der Waals surface area contributed by atoms with Crippen molar-refractivity contribution in [3.8, 4) is 0 Å². The van der Waals surface area contributed by atoms with Crippen molar-refractivity contribution in [2.75, 3.05) is 7.05 Å². The summed E-state index contributed by atoms with van der Waals surface area (Å²) in [7, 11) is 1.84. The van der Waals surface area contributed by atoms with Crippen LogP contribution in [0.2, 0.25) is 0 Å². The average molecular weight is 227 g/mol. The quantitative estimate of drug-likeness (QED) is 0.747. The molecule has 1 aromatic heterocycles. The Balaban J connectivity index is 2.15. The lowest BCUT2D eigenvalue weighted by atomic mass is 10.0. The van der Waals surface area contributed by atoms with E-state index in [1.807, 2.05) is 31.3 Å². The number of aromatic nitrogens is 2. The Kier molecular flexibility index (Phi) is 2.28. The van der Waals surface area contributed by atoms with Crippen molar-refractivity contribution in [1.82, 2.24) is 15.1 Å². The highest BCUT2D eigenvalue weighted by Gasteiger charge is 2.31. The molecule has 17 heavy (non-hydrogen) atoms. The van der Waals surface area contributed by atoms with Gasteiger partial charge in [0.1, 0.15) is 0 Å². The van der Waals surface area contributed by atoms with Crippen molar-refractivity contribution in [2.24, 2.45) is 0 Å². The summed E-state index contributed by atoms with van der Waals surface area (Å²) in [6.07, 6.45) is 3.19. The van der Waals surface area contributed by atoms with Crippen molar-refractivity contribution in [3.63, 3.8) is 0 Å². The average Bonchev–Trinajstić information content (AvgIpc) is 2.69. The van der Waals surface area contributed by atoms with E-state index < -0.39 is 0 Å². The Morgan fingerprint density at radius 2 is 2.18 bits per heavy atom. The Morgan fingerprint density at radius 3 is 2.94 bits per heavy atom. The Labute approximate surface area is 99.3 Å². The van der Waals surface area contributed by atoms with Crippen LogP contribution in [0.1, 0.15) is 24.6 Å². The maximum atomic E-state index is 11.6. The molecule has 1 aliphatic rings. The molecule has 1 unspecified atom stereocenters. The van der Waals surface area contributed by atoms with Gasteiger partial charge in [-0.15, -0.1) is 0 Å². The molecule has 4 heteroatoms. The molecular weight excluding hydrogens is 214 g/mol. The van der Waals surface area contributed by atoms with E-state index in [1.54, 1.807) is 11.1 Å². The minimum Gasteiger partial charge on any atom is -0.337 e. The van der Waals surface area contributed by atoms with E-state index in [9.17, 15) is 4.79 Å². The van der Waals surface area contributed by atoms with Crippen LogP contribution in [-0.2, 0) is 4.79 Å². The van der Waals surface area contributed by atoms with E-state index >= 15 is 0 Å². The second-order valence-electron chi connectivity index (χ2n) is 4.38. The van der Waals surface area contributed by atoms with Crippen LogP contribution in [0, 0.1) is 0 Å². The third-order valence-electron chi connectivity index (χ3n) is 3.41. The fourth-order valence-electron chi connectivity index (χ4n) is 2.42. The SMILES string of the molecule is CN1C(=O)CCC1c1nncc2ccccc12. The molecule has 1 aliphatic heterocycles. The van der Waals surface area contributed by atoms with Gasteiger partial charge in [0.15, 0.2) is 0 Å². The second-order valence-corrected chi connectivity index (χ2v) is 4.38. The van der Waals surface area contributed by atoms with Gasteiger partial charge in [-0.05, 0) is 6.42 Å². The first-order valence-corrected chi connectivity index (χ1v) is 5.73. The normalized spacial score (nSPS) is 20.2. The van der Waals surface area contributed by atoms with Gasteiger partial charge in [0, 0.05) is 24.2 Å². The highest BCUT2D eigenvalue weighted by Crippen LogP contribution is 2.33. The summed E-state index contributed by atoms with van der Waals surface area (Å²) in [6.45, 7) is 0. The van der Waals surface area contributed by atoms with Crippen molar-refractivity contribution in [2.45, 2.75) is 18.9 Å². The standard InChI is InChI=1S/C13H13N3O/c1-16-11(6-7-12(16)17)13-10-5-3-2-4-9(10)8-14-15-13/h2-5,8,11H,6-7H2,1H3. The summed E-state index contributed by atoms with van der Waals surface area (Å²) < 4.78 is 0. The Hall–Kier alpha value is -1.97. The van der Waals surface area contributed by atoms with Gasteiger partial charge < -0.3 is 4.90 Å². The van der Waals surface area contributed by atoms with Crippen molar-refractivity contribution < 1.29 is 4.79 Å². The highest BCUT2D eigenvalue weighted by atomic mass is 16.2. The molecule has 0 aliphatic carbocycles. The first-order chi connectivity index (χ1) is 8.27. The predicted molar refractivity (Wildman–Crippen MR) is 64.3 cm³/mol. The molecule has 2 heterocycles. The van der Waals surface area contributed by atoms with Crippen molar-refractivity contribution in [1.29, 1.82) is 0 Å². The summed E-state index contributed by atoms with van der Waals surface area (Å²) in [4.78, 5) is 13.3. The minimum absolute atomic E-state index is 0.0705. The van der Waals surface area contributed by atoms with Gasteiger partial charge in [0.05, 0.1) is 17.9 Å². The number of nitrogens with zero attached hydrogens (tertiary/aromatic N) is 3. The van der Waals surface area contributed by atoms with Gasteiger partial charge in [-0.1, -0.05) is 24.3 Å². The van der Waals surface area contributed by atoms with Gasteiger partial charge in [-0.25, -0.2) is 0 Å². The minimum atomic E-state index is 0.0705.